The molecule has 0 amide bonds. The highest BCUT2D eigenvalue weighted by atomic mass is 19.1. The van der Waals surface area contributed by atoms with Crippen LogP contribution in [0.5, 0.6) is 5.75 Å². The molecule has 0 unspecified atom stereocenters. The number of carbonyl (C=O) groups excluding carboxylic acids is 1. The van der Waals surface area contributed by atoms with E-state index in [0.29, 0.717) is 11.4 Å². The van der Waals surface area contributed by atoms with E-state index in [4.69, 9.17) is 4.74 Å². The van der Waals surface area contributed by atoms with Gasteiger partial charge in [-0.15, -0.1) is 10.2 Å². The molecule has 1 aromatic carbocycles. The van der Waals surface area contributed by atoms with E-state index in [-0.39, 0.29) is 18.1 Å². The molecule has 0 aliphatic rings. The van der Waals surface area contributed by atoms with Crippen molar-refractivity contribution in [2.24, 2.45) is 7.05 Å². The maximum atomic E-state index is 13.1. The van der Waals surface area contributed by atoms with E-state index in [1.165, 1.54) is 23.9 Å². The molecule has 0 aliphatic carbocycles. The highest BCUT2D eigenvalue weighted by Gasteiger charge is 2.11. The van der Waals surface area contributed by atoms with Crippen LogP contribution in [-0.2, 0) is 13.7 Å². The van der Waals surface area contributed by atoms with Gasteiger partial charge in [-0.05, 0) is 24.3 Å². The molecular weight excluding hydrogens is 239 g/mol. The smallest absolute Gasteiger partial charge is 0.212 e. The zero-order valence-corrected chi connectivity index (χ0v) is 9.92. The lowest BCUT2D eigenvalue weighted by Gasteiger charge is -2.07. The summed E-state index contributed by atoms with van der Waals surface area (Å²) in [6.45, 7) is 1.41. The van der Waals surface area contributed by atoms with Gasteiger partial charge in [0.25, 0.3) is 0 Å². The molecule has 2 aromatic rings. The van der Waals surface area contributed by atoms with Crippen molar-refractivity contribution in [1.82, 2.24) is 20.2 Å². The number of ketones is 1. The minimum absolute atomic E-state index is 0.0254. The lowest BCUT2D eigenvalue weighted by molar-refractivity contribution is 0.101. The molecule has 0 bridgehead atoms. The van der Waals surface area contributed by atoms with Gasteiger partial charge in [0, 0.05) is 6.07 Å². The van der Waals surface area contributed by atoms with Crippen LogP contribution >= 0.6 is 0 Å². The monoisotopic (exact) mass is 250 g/mol. The van der Waals surface area contributed by atoms with Crippen molar-refractivity contribution in [3.8, 4) is 5.75 Å². The van der Waals surface area contributed by atoms with E-state index < -0.39 is 5.82 Å². The van der Waals surface area contributed by atoms with Crippen molar-refractivity contribution in [3.05, 3.63) is 35.4 Å². The number of aromatic nitrogens is 4. The standard InChI is InChI=1S/C11H11FN4O2/c1-7(17)9-4-3-8(12)5-10(9)18-6-11-13-15-16(2)14-11/h3-5H,6H2,1-2H3. The molecule has 0 saturated heterocycles. The molecule has 18 heavy (non-hydrogen) atoms. The third-order valence-corrected chi connectivity index (χ3v) is 2.23. The highest BCUT2D eigenvalue weighted by molar-refractivity contribution is 5.96. The van der Waals surface area contributed by atoms with Gasteiger partial charge in [-0.2, -0.15) is 4.80 Å². The highest BCUT2D eigenvalue weighted by Crippen LogP contribution is 2.21. The Bertz CT molecular complexity index is 582. The van der Waals surface area contributed by atoms with Crippen LogP contribution in [0.25, 0.3) is 0 Å². The summed E-state index contributed by atoms with van der Waals surface area (Å²) in [5.41, 5.74) is 0.320. The van der Waals surface area contributed by atoms with Gasteiger partial charge in [-0.25, -0.2) is 4.39 Å². The van der Waals surface area contributed by atoms with E-state index in [1.807, 2.05) is 0 Å². The number of carbonyl (C=O) groups is 1. The van der Waals surface area contributed by atoms with Crippen LogP contribution in [0.1, 0.15) is 23.1 Å². The van der Waals surface area contributed by atoms with E-state index in [2.05, 4.69) is 15.4 Å². The SMILES string of the molecule is CC(=O)c1ccc(F)cc1OCc1nnn(C)n1. The number of hydrogen-bond acceptors (Lipinski definition) is 5. The first-order chi connectivity index (χ1) is 8.56. The predicted molar refractivity (Wildman–Crippen MR) is 59.5 cm³/mol. The Morgan fingerprint density at radius 2 is 2.28 bits per heavy atom. The van der Waals surface area contributed by atoms with Crippen LogP contribution in [0.2, 0.25) is 0 Å². The second kappa shape index (κ2) is 4.91. The first kappa shape index (κ1) is 12.2. The average Bonchev–Trinajstić information content (AvgIpc) is 2.72. The van der Waals surface area contributed by atoms with Crippen molar-refractivity contribution >= 4 is 5.78 Å². The molecule has 0 fully saturated rings. The molecule has 2 rings (SSSR count). The maximum absolute atomic E-state index is 13.1. The zero-order valence-electron chi connectivity index (χ0n) is 9.92. The number of halogens is 1. The third kappa shape index (κ3) is 2.68. The summed E-state index contributed by atoms with van der Waals surface area (Å²) >= 11 is 0. The number of aryl methyl sites for hydroxylation is 1. The Hall–Kier alpha value is -2.31. The van der Waals surface area contributed by atoms with Crippen molar-refractivity contribution in [2.45, 2.75) is 13.5 Å². The average molecular weight is 250 g/mol. The lowest BCUT2D eigenvalue weighted by atomic mass is 10.1. The molecule has 6 nitrogen and oxygen atoms in total. The summed E-state index contributed by atoms with van der Waals surface area (Å²) in [7, 11) is 1.62. The van der Waals surface area contributed by atoms with Crippen molar-refractivity contribution < 1.29 is 13.9 Å². The summed E-state index contributed by atoms with van der Waals surface area (Å²) < 4.78 is 18.4. The molecule has 0 N–H and O–H groups in total. The molecule has 0 saturated carbocycles. The van der Waals surface area contributed by atoms with Crippen LogP contribution < -0.4 is 4.74 Å². The number of ether oxygens (including phenoxy) is 1. The minimum Gasteiger partial charge on any atom is -0.485 e. The molecule has 0 atom stereocenters. The number of rotatable bonds is 4. The quantitative estimate of drug-likeness (QED) is 0.761. The van der Waals surface area contributed by atoms with Crippen molar-refractivity contribution in [2.75, 3.05) is 0 Å². The molecule has 0 radical (unpaired) electrons. The van der Waals surface area contributed by atoms with E-state index in [9.17, 15) is 9.18 Å². The van der Waals surface area contributed by atoms with E-state index in [0.717, 1.165) is 6.07 Å². The Labute approximate surface area is 102 Å². The van der Waals surface area contributed by atoms with Crippen LogP contribution in [0.4, 0.5) is 4.39 Å². The summed E-state index contributed by atoms with van der Waals surface area (Å²) in [6.07, 6.45) is 0. The summed E-state index contributed by atoms with van der Waals surface area (Å²) in [6, 6.07) is 3.76. The van der Waals surface area contributed by atoms with Crippen LogP contribution in [0.3, 0.4) is 0 Å². The molecule has 0 aliphatic heterocycles. The normalized spacial score (nSPS) is 10.4. The molecular formula is C11H11FN4O2. The summed E-state index contributed by atoms with van der Waals surface area (Å²) in [5.74, 6) is -0.134. The number of hydrogen-bond donors (Lipinski definition) is 0. The fourth-order valence-corrected chi connectivity index (χ4v) is 1.43. The molecule has 7 heteroatoms. The van der Waals surface area contributed by atoms with Crippen molar-refractivity contribution in [3.63, 3.8) is 0 Å². The fraction of sp³-hybridized carbons (Fsp3) is 0.273. The van der Waals surface area contributed by atoms with Gasteiger partial charge in [0.2, 0.25) is 5.82 Å². The second-order valence-electron chi connectivity index (χ2n) is 3.68. The number of benzene rings is 1. The molecule has 0 spiro atoms. The summed E-state index contributed by atoms with van der Waals surface area (Å²) in [5, 5.41) is 11.3. The van der Waals surface area contributed by atoms with Gasteiger partial charge >= 0.3 is 0 Å². The fourth-order valence-electron chi connectivity index (χ4n) is 1.43. The maximum Gasteiger partial charge on any atom is 0.212 e. The first-order valence-corrected chi connectivity index (χ1v) is 5.22. The molecule has 1 heterocycles. The number of tetrazole rings is 1. The Kier molecular flexibility index (Phi) is 3.31. The lowest BCUT2D eigenvalue weighted by Crippen LogP contribution is -2.04. The zero-order chi connectivity index (χ0) is 13.1. The summed E-state index contributed by atoms with van der Waals surface area (Å²) in [4.78, 5) is 12.6. The number of Topliss-reactive ketones (excluding diaryl/α,β-unsaturated/α-hetero) is 1. The van der Waals surface area contributed by atoms with Crippen LogP contribution in [-0.4, -0.2) is 26.0 Å². The Morgan fingerprint density at radius 1 is 1.50 bits per heavy atom. The predicted octanol–water partition coefficient (Wildman–Crippen LogP) is 1.13. The van der Waals surface area contributed by atoms with Gasteiger partial charge in [-0.1, -0.05) is 0 Å². The van der Waals surface area contributed by atoms with Crippen LogP contribution in [0.15, 0.2) is 18.2 Å². The molecule has 1 aromatic heterocycles. The first-order valence-electron chi connectivity index (χ1n) is 5.22. The van der Waals surface area contributed by atoms with Crippen LogP contribution in [0, 0.1) is 5.82 Å². The van der Waals surface area contributed by atoms with E-state index in [1.54, 1.807) is 7.05 Å². The third-order valence-electron chi connectivity index (χ3n) is 2.23. The van der Waals surface area contributed by atoms with E-state index >= 15 is 0 Å². The van der Waals surface area contributed by atoms with Gasteiger partial charge in [0.05, 0.1) is 12.6 Å². The Balaban J connectivity index is 2.17. The minimum atomic E-state index is -0.470. The number of nitrogens with zero attached hydrogens (tertiary/aromatic N) is 4. The second-order valence-corrected chi connectivity index (χ2v) is 3.68. The topological polar surface area (TPSA) is 69.9 Å². The van der Waals surface area contributed by atoms with Crippen molar-refractivity contribution in [1.29, 1.82) is 0 Å². The largest absolute Gasteiger partial charge is 0.485 e. The van der Waals surface area contributed by atoms with Gasteiger partial charge in [0.1, 0.15) is 11.6 Å². The van der Waals surface area contributed by atoms with Gasteiger partial charge in [0.15, 0.2) is 12.4 Å². The molecule has 94 valence electrons. The van der Waals surface area contributed by atoms with Gasteiger partial charge in [-0.3, -0.25) is 4.79 Å². The van der Waals surface area contributed by atoms with Gasteiger partial charge < -0.3 is 4.74 Å². The Morgan fingerprint density at radius 3 is 2.89 bits per heavy atom.